The van der Waals surface area contributed by atoms with Gasteiger partial charge >= 0.3 is 0 Å². The van der Waals surface area contributed by atoms with Crippen molar-refractivity contribution in [3.05, 3.63) is 0 Å². The van der Waals surface area contributed by atoms with E-state index in [1.807, 2.05) is 0 Å². The van der Waals surface area contributed by atoms with Gasteiger partial charge < -0.3 is 30.5 Å². The number of likely N-dealkylation sites (N-methyl/N-ethyl adjacent to an activating group) is 1. The Bertz CT molecular complexity index is 465. The van der Waals surface area contributed by atoms with Crippen LogP contribution in [0.2, 0.25) is 0 Å². The first-order valence-corrected chi connectivity index (χ1v) is 11.3. The number of hydrogen-bond donors (Lipinski definition) is 3. The molecule has 0 saturated carbocycles. The number of carbonyl (C=O) groups is 2. The number of unbranched alkanes of at least 4 members (excludes halogenated alkanes) is 11. The van der Waals surface area contributed by atoms with Gasteiger partial charge in [0.05, 0.1) is 27.1 Å². The maximum absolute atomic E-state index is 12.3. The molecule has 0 aromatic rings. The van der Waals surface area contributed by atoms with Gasteiger partial charge in [-0.15, -0.1) is 0 Å². The first-order valence-electron chi connectivity index (χ1n) is 11.3. The number of amides is 1. The van der Waals surface area contributed by atoms with Gasteiger partial charge in [-0.2, -0.15) is 0 Å². The largest absolute Gasteiger partial charge is 0.547 e. The zero-order chi connectivity index (χ0) is 22.3. The van der Waals surface area contributed by atoms with E-state index in [0.29, 0.717) is 6.54 Å². The Balaban J connectivity index is 3.96. The molecule has 0 aliphatic heterocycles. The fourth-order valence-corrected chi connectivity index (χ4v) is 3.36. The van der Waals surface area contributed by atoms with Crippen LogP contribution in [0.3, 0.4) is 0 Å². The lowest BCUT2D eigenvalue weighted by Crippen LogP contribution is -2.72. The highest BCUT2D eigenvalue weighted by molar-refractivity contribution is 6.06. The second-order valence-corrected chi connectivity index (χ2v) is 9.29. The van der Waals surface area contributed by atoms with Crippen molar-refractivity contribution in [2.24, 2.45) is 5.73 Å². The highest BCUT2D eigenvalue weighted by Gasteiger charge is 2.45. The number of aliphatic hydroxyl groups excluding tert-OH is 1. The van der Waals surface area contributed by atoms with Crippen molar-refractivity contribution in [3.8, 4) is 0 Å². The zero-order valence-electron chi connectivity index (χ0n) is 19.2. The lowest BCUT2D eigenvalue weighted by molar-refractivity contribution is -0.873. The van der Waals surface area contributed by atoms with E-state index in [0.717, 1.165) is 19.3 Å². The fourth-order valence-electron chi connectivity index (χ4n) is 3.36. The van der Waals surface area contributed by atoms with Crippen LogP contribution in [0, 0.1) is 0 Å². The number of carboxylic acid groups (broad SMARTS) is 1. The Kier molecular flexibility index (Phi) is 14.1. The molecule has 0 aliphatic rings. The maximum atomic E-state index is 12.3. The summed E-state index contributed by atoms with van der Waals surface area (Å²) in [5.41, 5.74) is 3.31. The summed E-state index contributed by atoms with van der Waals surface area (Å²) in [6.07, 6.45) is 13.0. The average molecular weight is 416 g/mol. The lowest BCUT2D eigenvalue weighted by atomic mass is 9.91. The van der Waals surface area contributed by atoms with Crippen molar-refractivity contribution in [2.45, 2.75) is 95.6 Å². The molecule has 4 N–H and O–H groups in total. The molecule has 0 aromatic carbocycles. The van der Waals surface area contributed by atoms with E-state index >= 15 is 0 Å². The van der Waals surface area contributed by atoms with Gasteiger partial charge in [0, 0.05) is 6.54 Å². The van der Waals surface area contributed by atoms with Crippen LogP contribution >= 0.6 is 0 Å². The summed E-state index contributed by atoms with van der Waals surface area (Å²) < 4.78 is 0.277. The summed E-state index contributed by atoms with van der Waals surface area (Å²) in [6, 6.07) is 0. The molecule has 1 amide bonds. The molecule has 0 radical (unpaired) electrons. The van der Waals surface area contributed by atoms with E-state index in [-0.39, 0.29) is 11.0 Å². The van der Waals surface area contributed by atoms with Crippen LogP contribution < -0.4 is 16.2 Å². The van der Waals surface area contributed by atoms with Gasteiger partial charge in [-0.05, 0) is 6.42 Å². The number of aliphatic hydroxyl groups is 1. The number of nitrogens with one attached hydrogen (secondary N) is 1. The Morgan fingerprint density at radius 2 is 1.34 bits per heavy atom. The van der Waals surface area contributed by atoms with Gasteiger partial charge in [-0.3, -0.25) is 4.79 Å². The number of hydrogen-bond acceptors (Lipinski definition) is 5. The summed E-state index contributed by atoms with van der Waals surface area (Å²) in [5.74, 6) is -2.65. The van der Waals surface area contributed by atoms with Gasteiger partial charge in [0.25, 0.3) is 0 Å². The minimum absolute atomic E-state index is 0.0243. The van der Waals surface area contributed by atoms with E-state index < -0.39 is 23.5 Å². The molecule has 7 heteroatoms. The monoisotopic (exact) mass is 415 g/mol. The van der Waals surface area contributed by atoms with Crippen molar-refractivity contribution in [1.82, 2.24) is 5.32 Å². The summed E-state index contributed by atoms with van der Waals surface area (Å²) in [6.45, 7) is 2.60. The Labute approximate surface area is 177 Å². The number of quaternary nitrogens is 1. The Hall–Kier alpha value is -1.18. The van der Waals surface area contributed by atoms with Crippen molar-refractivity contribution in [2.75, 3.05) is 34.2 Å². The average Bonchev–Trinajstić information content (AvgIpc) is 2.62. The fraction of sp³-hybridized carbons (Fsp3) is 0.909. The first kappa shape index (κ1) is 27.8. The van der Waals surface area contributed by atoms with Gasteiger partial charge in [0.2, 0.25) is 5.91 Å². The Morgan fingerprint density at radius 1 is 0.931 bits per heavy atom. The van der Waals surface area contributed by atoms with E-state index in [4.69, 9.17) is 5.73 Å². The van der Waals surface area contributed by atoms with Crippen LogP contribution in [0.5, 0.6) is 0 Å². The number of carbonyl (C=O) groups excluding carboxylic acids is 2. The highest BCUT2D eigenvalue weighted by Crippen LogP contribution is 2.13. The van der Waals surface area contributed by atoms with E-state index in [1.54, 1.807) is 21.1 Å². The van der Waals surface area contributed by atoms with Crippen molar-refractivity contribution >= 4 is 11.9 Å². The van der Waals surface area contributed by atoms with Crippen molar-refractivity contribution < 1.29 is 24.3 Å². The molecule has 0 saturated heterocycles. The molecule has 0 aliphatic carbocycles. The van der Waals surface area contributed by atoms with E-state index in [1.165, 1.54) is 57.8 Å². The topological polar surface area (TPSA) is 115 Å². The molecule has 0 spiro atoms. The number of aliphatic carboxylic acids is 1. The van der Waals surface area contributed by atoms with Crippen LogP contribution in [0.1, 0.15) is 84.0 Å². The van der Waals surface area contributed by atoms with Crippen LogP contribution in [0.4, 0.5) is 0 Å². The predicted octanol–water partition coefficient (Wildman–Crippen LogP) is 1.32. The molecule has 0 heterocycles. The third-order valence-corrected chi connectivity index (χ3v) is 5.28. The molecule has 7 nitrogen and oxygen atoms in total. The number of carboxylic acids is 1. The molecule has 0 bridgehead atoms. The van der Waals surface area contributed by atoms with Crippen LogP contribution in [-0.4, -0.2) is 67.3 Å². The molecule has 0 aromatic heterocycles. The molecule has 0 fully saturated rings. The second-order valence-electron chi connectivity index (χ2n) is 9.29. The third kappa shape index (κ3) is 12.2. The van der Waals surface area contributed by atoms with Crippen LogP contribution in [-0.2, 0) is 9.59 Å². The summed E-state index contributed by atoms with van der Waals surface area (Å²) in [5, 5.41) is 24.2. The van der Waals surface area contributed by atoms with Crippen LogP contribution in [0.15, 0.2) is 0 Å². The summed E-state index contributed by atoms with van der Waals surface area (Å²) in [4.78, 5) is 23.8. The second kappa shape index (κ2) is 14.7. The maximum Gasteiger partial charge on any atom is 0.248 e. The smallest absolute Gasteiger partial charge is 0.248 e. The van der Waals surface area contributed by atoms with Crippen molar-refractivity contribution in [3.63, 3.8) is 0 Å². The Morgan fingerprint density at radius 3 is 1.72 bits per heavy atom. The molecule has 0 unspecified atom stereocenters. The SMILES string of the molecule is CCCCCCCCCCCCCCNC(=O)[C@@](N)(C(=O)[O-])[C@H](O)C[N+](C)(C)C. The summed E-state index contributed by atoms with van der Waals surface area (Å²) >= 11 is 0. The minimum Gasteiger partial charge on any atom is -0.547 e. The quantitative estimate of drug-likeness (QED) is 0.177. The molecule has 29 heavy (non-hydrogen) atoms. The first-order chi connectivity index (χ1) is 13.6. The lowest BCUT2D eigenvalue weighted by Gasteiger charge is -2.37. The van der Waals surface area contributed by atoms with Gasteiger partial charge in [-0.25, -0.2) is 0 Å². The van der Waals surface area contributed by atoms with E-state index in [9.17, 15) is 19.8 Å². The minimum atomic E-state index is -2.44. The normalized spacial score (nSPS) is 15.0. The third-order valence-electron chi connectivity index (χ3n) is 5.28. The highest BCUT2D eigenvalue weighted by atomic mass is 16.4. The predicted molar refractivity (Wildman–Crippen MR) is 115 cm³/mol. The van der Waals surface area contributed by atoms with Gasteiger partial charge in [0.1, 0.15) is 12.6 Å². The molecule has 2 atom stereocenters. The van der Waals surface area contributed by atoms with Gasteiger partial charge in [-0.1, -0.05) is 77.6 Å². The molecule has 0 rings (SSSR count). The zero-order valence-corrected chi connectivity index (χ0v) is 19.2. The number of nitrogens with two attached hydrogens (primary N) is 1. The van der Waals surface area contributed by atoms with Crippen molar-refractivity contribution in [1.29, 1.82) is 0 Å². The number of rotatable bonds is 18. The molecular weight excluding hydrogens is 370 g/mol. The number of nitrogens with zero attached hydrogens (tertiary/aromatic N) is 1. The standard InChI is InChI=1S/C22H45N3O4/c1-5-6-7-8-9-10-11-12-13-14-15-16-17-24-20(27)22(23,21(28)29)19(26)18-25(2,3)4/h19,26H,5-18,23H2,1-4H3,(H-,24,27,28,29)/t19-,22-/m1/s1. The van der Waals surface area contributed by atoms with E-state index in [2.05, 4.69) is 12.2 Å². The molecular formula is C22H45N3O4. The molecule has 172 valence electrons. The van der Waals surface area contributed by atoms with Crippen LogP contribution in [0.25, 0.3) is 0 Å². The van der Waals surface area contributed by atoms with Gasteiger partial charge in [0.15, 0.2) is 5.54 Å². The summed E-state index contributed by atoms with van der Waals surface area (Å²) in [7, 11) is 5.34.